The van der Waals surface area contributed by atoms with Gasteiger partial charge < -0.3 is 5.32 Å². The third-order valence-corrected chi connectivity index (χ3v) is 5.49. The summed E-state index contributed by atoms with van der Waals surface area (Å²) >= 11 is 0. The van der Waals surface area contributed by atoms with Gasteiger partial charge in [-0.1, -0.05) is 42.5 Å². The highest BCUT2D eigenvalue weighted by Crippen LogP contribution is 2.33. The Morgan fingerprint density at radius 3 is 2.25 bits per heavy atom. The monoisotopic (exact) mass is 398 g/mol. The summed E-state index contributed by atoms with van der Waals surface area (Å²) in [6.07, 6.45) is 1.07. The zero-order valence-corrected chi connectivity index (χ0v) is 16.2. The molecule has 1 N–H and O–H groups in total. The minimum atomic E-state index is -3.56. The molecule has 0 fully saturated rings. The molecule has 0 atom stereocenters. The number of halogens is 1. The summed E-state index contributed by atoms with van der Waals surface area (Å²) in [4.78, 5) is 12.6. The molecule has 0 bridgehead atoms. The maximum absolute atomic E-state index is 14.2. The Morgan fingerprint density at radius 1 is 0.964 bits per heavy atom. The molecule has 0 spiro atoms. The Bertz CT molecular complexity index is 1120. The SMILES string of the molecule is CN(c1ccc(-c2ccccc2F)cc1NC(=O)c1ccccc1)S(C)(=O)=O. The molecule has 0 unspecified atom stereocenters. The lowest BCUT2D eigenvalue weighted by molar-refractivity contribution is 0.102. The lowest BCUT2D eigenvalue weighted by atomic mass is 10.0. The number of benzene rings is 3. The molecule has 144 valence electrons. The first-order valence-corrected chi connectivity index (χ1v) is 10.3. The number of amides is 1. The van der Waals surface area contributed by atoms with Gasteiger partial charge in [0.05, 0.1) is 17.6 Å². The molecule has 5 nitrogen and oxygen atoms in total. The molecule has 0 aromatic heterocycles. The van der Waals surface area contributed by atoms with E-state index in [0.717, 1.165) is 10.6 Å². The lowest BCUT2D eigenvalue weighted by Gasteiger charge is -2.21. The van der Waals surface area contributed by atoms with Crippen LogP contribution >= 0.6 is 0 Å². The molecule has 0 saturated carbocycles. The second kappa shape index (κ2) is 7.82. The van der Waals surface area contributed by atoms with Gasteiger partial charge in [-0.2, -0.15) is 0 Å². The lowest BCUT2D eigenvalue weighted by Crippen LogP contribution is -2.26. The van der Waals surface area contributed by atoms with E-state index in [-0.39, 0.29) is 11.4 Å². The zero-order chi connectivity index (χ0) is 20.3. The summed E-state index contributed by atoms with van der Waals surface area (Å²) in [5.41, 5.74) is 1.85. The van der Waals surface area contributed by atoms with Crippen LogP contribution in [0.4, 0.5) is 15.8 Å². The summed E-state index contributed by atoms with van der Waals surface area (Å²) < 4.78 is 39.3. The maximum Gasteiger partial charge on any atom is 0.255 e. The Kier molecular flexibility index (Phi) is 5.46. The van der Waals surface area contributed by atoms with E-state index in [2.05, 4.69) is 5.32 Å². The van der Waals surface area contributed by atoms with Gasteiger partial charge >= 0.3 is 0 Å². The van der Waals surface area contributed by atoms with Crippen LogP contribution in [0.3, 0.4) is 0 Å². The predicted octanol–water partition coefficient (Wildman–Crippen LogP) is 4.14. The highest BCUT2D eigenvalue weighted by atomic mass is 32.2. The van der Waals surface area contributed by atoms with E-state index in [4.69, 9.17) is 0 Å². The van der Waals surface area contributed by atoms with Gasteiger partial charge in [-0.05, 0) is 35.9 Å². The molecule has 28 heavy (non-hydrogen) atoms. The van der Waals surface area contributed by atoms with Crippen LogP contribution < -0.4 is 9.62 Å². The van der Waals surface area contributed by atoms with Gasteiger partial charge in [-0.25, -0.2) is 12.8 Å². The second-order valence-electron chi connectivity index (χ2n) is 6.26. The van der Waals surface area contributed by atoms with Gasteiger partial charge in [0.25, 0.3) is 5.91 Å². The number of carbonyl (C=O) groups excluding carboxylic acids is 1. The van der Waals surface area contributed by atoms with Crippen molar-refractivity contribution in [2.24, 2.45) is 0 Å². The summed E-state index contributed by atoms with van der Waals surface area (Å²) in [6.45, 7) is 0. The Morgan fingerprint density at radius 2 is 1.61 bits per heavy atom. The quantitative estimate of drug-likeness (QED) is 0.702. The molecule has 0 saturated heterocycles. The molecule has 0 heterocycles. The third kappa shape index (κ3) is 4.20. The van der Waals surface area contributed by atoms with E-state index in [0.29, 0.717) is 16.7 Å². The van der Waals surface area contributed by atoms with Gasteiger partial charge in [0, 0.05) is 18.2 Å². The fraction of sp³-hybridized carbons (Fsp3) is 0.0952. The smallest absolute Gasteiger partial charge is 0.255 e. The molecule has 0 aliphatic carbocycles. The van der Waals surface area contributed by atoms with Crippen molar-refractivity contribution in [2.45, 2.75) is 0 Å². The third-order valence-electron chi connectivity index (χ3n) is 4.30. The van der Waals surface area contributed by atoms with Crippen LogP contribution in [0.5, 0.6) is 0 Å². The molecule has 1 amide bonds. The predicted molar refractivity (Wildman–Crippen MR) is 109 cm³/mol. The fourth-order valence-electron chi connectivity index (χ4n) is 2.74. The molecule has 7 heteroatoms. The number of nitrogens with one attached hydrogen (secondary N) is 1. The van der Waals surface area contributed by atoms with Crippen LogP contribution in [0.15, 0.2) is 72.8 Å². The number of hydrogen-bond acceptors (Lipinski definition) is 3. The second-order valence-corrected chi connectivity index (χ2v) is 8.28. The first-order valence-electron chi connectivity index (χ1n) is 8.46. The van der Waals surface area contributed by atoms with Crippen molar-refractivity contribution in [3.05, 3.63) is 84.2 Å². The van der Waals surface area contributed by atoms with Crippen LogP contribution in [0.25, 0.3) is 11.1 Å². The number of rotatable bonds is 5. The highest BCUT2D eigenvalue weighted by molar-refractivity contribution is 7.92. The van der Waals surface area contributed by atoms with Gasteiger partial charge in [0.15, 0.2) is 0 Å². The van der Waals surface area contributed by atoms with Gasteiger partial charge in [-0.3, -0.25) is 9.10 Å². The molecule has 3 aromatic carbocycles. The topological polar surface area (TPSA) is 66.5 Å². The van der Waals surface area contributed by atoms with Gasteiger partial charge in [0.2, 0.25) is 10.0 Å². The van der Waals surface area contributed by atoms with Crippen molar-refractivity contribution >= 4 is 27.3 Å². The summed E-state index contributed by atoms with van der Waals surface area (Å²) in [6, 6.07) is 19.5. The molecular weight excluding hydrogens is 379 g/mol. The van der Waals surface area contributed by atoms with E-state index in [1.807, 2.05) is 0 Å². The van der Waals surface area contributed by atoms with E-state index < -0.39 is 21.7 Å². The van der Waals surface area contributed by atoms with Crippen molar-refractivity contribution in [3.8, 4) is 11.1 Å². The van der Waals surface area contributed by atoms with Gasteiger partial charge in [-0.15, -0.1) is 0 Å². The Hall–Kier alpha value is -3.19. The van der Waals surface area contributed by atoms with Crippen LogP contribution in [-0.4, -0.2) is 27.6 Å². The number of hydrogen-bond donors (Lipinski definition) is 1. The van der Waals surface area contributed by atoms with Crippen molar-refractivity contribution in [1.82, 2.24) is 0 Å². The number of carbonyl (C=O) groups is 1. The average Bonchev–Trinajstić information content (AvgIpc) is 2.68. The van der Waals surface area contributed by atoms with E-state index in [1.165, 1.54) is 13.1 Å². The summed E-state index contributed by atoms with van der Waals surface area (Å²) in [5.74, 6) is -0.804. The van der Waals surface area contributed by atoms with Crippen molar-refractivity contribution < 1.29 is 17.6 Å². The van der Waals surface area contributed by atoms with Crippen molar-refractivity contribution in [1.29, 1.82) is 0 Å². The number of anilines is 2. The molecule has 0 aliphatic heterocycles. The Balaban J connectivity index is 2.08. The van der Waals surface area contributed by atoms with Crippen molar-refractivity contribution in [3.63, 3.8) is 0 Å². The van der Waals surface area contributed by atoms with Crippen LogP contribution in [-0.2, 0) is 10.0 Å². The minimum absolute atomic E-state index is 0.266. The first kappa shape index (κ1) is 19.6. The fourth-order valence-corrected chi connectivity index (χ4v) is 3.25. The highest BCUT2D eigenvalue weighted by Gasteiger charge is 2.19. The van der Waals surface area contributed by atoms with Crippen LogP contribution in [0, 0.1) is 5.82 Å². The van der Waals surface area contributed by atoms with E-state index >= 15 is 0 Å². The zero-order valence-electron chi connectivity index (χ0n) is 15.4. The molecule has 0 radical (unpaired) electrons. The van der Waals surface area contributed by atoms with Gasteiger partial charge in [0.1, 0.15) is 5.82 Å². The maximum atomic E-state index is 14.2. The van der Waals surface area contributed by atoms with E-state index in [1.54, 1.807) is 66.7 Å². The summed E-state index contributed by atoms with van der Waals surface area (Å²) in [5, 5.41) is 2.74. The minimum Gasteiger partial charge on any atom is -0.320 e. The average molecular weight is 398 g/mol. The largest absolute Gasteiger partial charge is 0.320 e. The van der Waals surface area contributed by atoms with Crippen LogP contribution in [0.1, 0.15) is 10.4 Å². The molecule has 3 aromatic rings. The molecule has 3 rings (SSSR count). The first-order chi connectivity index (χ1) is 13.3. The number of sulfonamides is 1. The molecule has 0 aliphatic rings. The summed E-state index contributed by atoms with van der Waals surface area (Å²) in [7, 11) is -2.16. The molecular formula is C21H19FN2O3S. The van der Waals surface area contributed by atoms with E-state index in [9.17, 15) is 17.6 Å². The Labute approximate surface area is 163 Å². The van der Waals surface area contributed by atoms with Crippen LogP contribution in [0.2, 0.25) is 0 Å². The normalized spacial score (nSPS) is 11.1. The number of nitrogens with zero attached hydrogens (tertiary/aromatic N) is 1. The van der Waals surface area contributed by atoms with Crippen molar-refractivity contribution in [2.75, 3.05) is 22.9 Å². The standard InChI is InChI=1S/C21H19FN2O3S/c1-24(28(2,26)27)20-13-12-16(17-10-6-7-11-18(17)22)14-19(20)23-21(25)15-8-4-3-5-9-15/h3-14H,1-2H3,(H,23,25).